The number of aliphatic hydroxyl groups excluding tert-OH is 1. The molecule has 2 rings (SSSR count). The van der Waals surface area contributed by atoms with Gasteiger partial charge in [0, 0.05) is 16.6 Å². The van der Waals surface area contributed by atoms with Gasteiger partial charge in [0.1, 0.15) is 5.75 Å². The molecular weight excluding hydrogens is 310 g/mol. The topological polar surface area (TPSA) is 58.6 Å². The van der Waals surface area contributed by atoms with Gasteiger partial charge < -0.3 is 15.2 Å². The molecule has 1 fully saturated rings. The zero-order valence-electron chi connectivity index (χ0n) is 10.9. The van der Waals surface area contributed by atoms with Crippen LogP contribution >= 0.6 is 15.9 Å². The Bertz CT molecular complexity index is 462. The summed E-state index contributed by atoms with van der Waals surface area (Å²) in [5, 5.41) is 12.6. The molecule has 5 heteroatoms. The fourth-order valence-corrected chi connectivity index (χ4v) is 2.51. The summed E-state index contributed by atoms with van der Waals surface area (Å²) in [5.74, 6) is 0.497. The minimum Gasteiger partial charge on any atom is -0.480 e. The molecule has 1 aliphatic rings. The molecule has 0 saturated carbocycles. The van der Waals surface area contributed by atoms with E-state index in [1.54, 1.807) is 13.0 Å². The first-order valence-electron chi connectivity index (χ1n) is 6.50. The van der Waals surface area contributed by atoms with Gasteiger partial charge in [-0.25, -0.2) is 0 Å². The lowest BCUT2D eigenvalue weighted by Gasteiger charge is -2.19. The highest BCUT2D eigenvalue weighted by Gasteiger charge is 2.23. The van der Waals surface area contributed by atoms with Gasteiger partial charge in [-0.3, -0.25) is 4.79 Å². The van der Waals surface area contributed by atoms with Gasteiger partial charge in [-0.1, -0.05) is 15.9 Å². The number of hydrogen-bond donors (Lipinski definition) is 2. The van der Waals surface area contributed by atoms with Crippen LogP contribution in [0.4, 0.5) is 0 Å². The van der Waals surface area contributed by atoms with Gasteiger partial charge in [0.15, 0.2) is 6.10 Å². The summed E-state index contributed by atoms with van der Waals surface area (Å²) in [4.78, 5) is 11.9. The average molecular weight is 328 g/mol. The molecule has 1 aromatic carbocycles. The van der Waals surface area contributed by atoms with E-state index in [1.807, 2.05) is 12.1 Å². The van der Waals surface area contributed by atoms with E-state index in [2.05, 4.69) is 21.2 Å². The molecule has 0 bridgehead atoms. The van der Waals surface area contributed by atoms with Gasteiger partial charge in [0.25, 0.3) is 5.91 Å². The molecule has 1 amide bonds. The highest BCUT2D eigenvalue weighted by atomic mass is 79.9. The first kappa shape index (κ1) is 14.3. The van der Waals surface area contributed by atoms with E-state index in [9.17, 15) is 9.90 Å². The summed E-state index contributed by atoms with van der Waals surface area (Å²) < 4.78 is 6.68. The first-order valence-corrected chi connectivity index (χ1v) is 7.29. The maximum atomic E-state index is 11.9. The summed E-state index contributed by atoms with van der Waals surface area (Å²) in [7, 11) is 0. The lowest BCUT2D eigenvalue weighted by molar-refractivity contribution is -0.127. The molecule has 0 radical (unpaired) electrons. The van der Waals surface area contributed by atoms with Crippen LogP contribution in [0.3, 0.4) is 0 Å². The number of hydrogen-bond acceptors (Lipinski definition) is 3. The highest BCUT2D eigenvalue weighted by molar-refractivity contribution is 9.10. The monoisotopic (exact) mass is 327 g/mol. The maximum Gasteiger partial charge on any atom is 0.261 e. The Morgan fingerprint density at radius 1 is 1.47 bits per heavy atom. The molecule has 1 aliphatic heterocycles. The molecule has 0 spiro atoms. The second kappa shape index (κ2) is 6.39. The number of nitrogens with one attached hydrogen (secondary N) is 1. The van der Waals surface area contributed by atoms with Gasteiger partial charge >= 0.3 is 0 Å². The van der Waals surface area contributed by atoms with E-state index in [4.69, 9.17) is 4.74 Å². The van der Waals surface area contributed by atoms with Crippen LogP contribution in [0, 0.1) is 0 Å². The van der Waals surface area contributed by atoms with Crippen molar-refractivity contribution in [1.82, 2.24) is 5.32 Å². The van der Waals surface area contributed by atoms with Crippen LogP contribution in [0.5, 0.6) is 5.75 Å². The van der Waals surface area contributed by atoms with Crippen molar-refractivity contribution in [3.63, 3.8) is 0 Å². The predicted octanol–water partition coefficient (Wildman–Crippen LogP) is 2.55. The number of benzene rings is 1. The van der Waals surface area contributed by atoms with E-state index in [0.717, 1.165) is 17.3 Å². The molecule has 4 nitrogen and oxygen atoms in total. The Balaban J connectivity index is 2.19. The Morgan fingerprint density at radius 3 is 3.00 bits per heavy atom. The summed E-state index contributed by atoms with van der Waals surface area (Å²) in [6, 6.07) is 5.44. The van der Waals surface area contributed by atoms with Crippen molar-refractivity contribution in [3.05, 3.63) is 28.2 Å². The second-order valence-corrected chi connectivity index (χ2v) is 5.67. The second-order valence-electron chi connectivity index (χ2n) is 4.75. The predicted molar refractivity (Wildman–Crippen MR) is 76.1 cm³/mol. The Hall–Kier alpha value is -1.07. The average Bonchev–Trinajstić information content (AvgIpc) is 2.57. The Morgan fingerprint density at radius 2 is 2.26 bits per heavy atom. The molecule has 1 unspecified atom stereocenters. The standard InChI is InChI=1S/C14H18BrNO3/c1-9(17)11-8-10(15)5-6-12(11)19-13-4-2-3-7-16-14(13)18/h5-6,8-9,13,17H,2-4,7H2,1H3,(H,16,18)/t9-,13?/m0/s1. The molecule has 1 heterocycles. The molecule has 104 valence electrons. The zero-order chi connectivity index (χ0) is 13.8. The molecule has 2 N–H and O–H groups in total. The number of amides is 1. The van der Waals surface area contributed by atoms with Crippen molar-refractivity contribution >= 4 is 21.8 Å². The van der Waals surface area contributed by atoms with Crippen molar-refractivity contribution < 1.29 is 14.6 Å². The van der Waals surface area contributed by atoms with Crippen molar-refractivity contribution in [2.45, 2.75) is 38.4 Å². The summed E-state index contributed by atoms with van der Waals surface area (Å²) in [6.45, 7) is 2.39. The van der Waals surface area contributed by atoms with Crippen molar-refractivity contribution in [1.29, 1.82) is 0 Å². The number of ether oxygens (including phenoxy) is 1. The lowest BCUT2D eigenvalue weighted by atomic mass is 10.1. The van der Waals surface area contributed by atoms with Crippen molar-refractivity contribution in [3.8, 4) is 5.75 Å². The quantitative estimate of drug-likeness (QED) is 0.896. The smallest absolute Gasteiger partial charge is 0.261 e. The van der Waals surface area contributed by atoms with Crippen LogP contribution in [-0.2, 0) is 4.79 Å². The Labute approximate surface area is 121 Å². The number of rotatable bonds is 3. The fraction of sp³-hybridized carbons (Fsp3) is 0.500. The first-order chi connectivity index (χ1) is 9.08. The SMILES string of the molecule is C[C@H](O)c1cc(Br)ccc1OC1CCCCNC1=O. The Kier molecular flexibility index (Phi) is 4.82. The van der Waals surface area contributed by atoms with Gasteiger partial charge in [-0.05, 0) is 44.4 Å². The zero-order valence-corrected chi connectivity index (χ0v) is 12.4. The van der Waals surface area contributed by atoms with Crippen molar-refractivity contribution in [2.75, 3.05) is 6.54 Å². The largest absolute Gasteiger partial charge is 0.480 e. The van der Waals surface area contributed by atoms with Gasteiger partial charge in [-0.2, -0.15) is 0 Å². The van der Waals surface area contributed by atoms with E-state index in [-0.39, 0.29) is 5.91 Å². The minimum absolute atomic E-state index is 0.0723. The molecule has 1 saturated heterocycles. The molecule has 2 atom stereocenters. The van der Waals surface area contributed by atoms with Gasteiger partial charge in [0.2, 0.25) is 0 Å². The molecular formula is C14H18BrNO3. The molecule has 19 heavy (non-hydrogen) atoms. The molecule has 1 aromatic rings. The summed E-state index contributed by atoms with van der Waals surface area (Å²) >= 11 is 3.37. The van der Waals surface area contributed by atoms with Crippen LogP contribution in [-0.4, -0.2) is 23.7 Å². The van der Waals surface area contributed by atoms with E-state index in [1.165, 1.54) is 0 Å². The van der Waals surface area contributed by atoms with E-state index in [0.29, 0.717) is 24.3 Å². The number of aliphatic hydroxyl groups is 1. The lowest BCUT2D eigenvalue weighted by Crippen LogP contribution is -2.36. The third kappa shape index (κ3) is 3.70. The third-order valence-electron chi connectivity index (χ3n) is 3.18. The maximum absolute atomic E-state index is 11.9. The van der Waals surface area contributed by atoms with Crippen molar-refractivity contribution in [2.24, 2.45) is 0 Å². The number of carbonyl (C=O) groups is 1. The fourth-order valence-electron chi connectivity index (χ4n) is 2.13. The van der Waals surface area contributed by atoms with E-state index >= 15 is 0 Å². The number of halogens is 1. The van der Waals surface area contributed by atoms with Crippen LogP contribution in [0.15, 0.2) is 22.7 Å². The minimum atomic E-state index is -0.638. The highest BCUT2D eigenvalue weighted by Crippen LogP contribution is 2.30. The summed E-state index contributed by atoms with van der Waals surface area (Å²) in [5.41, 5.74) is 0.687. The third-order valence-corrected chi connectivity index (χ3v) is 3.67. The van der Waals surface area contributed by atoms with E-state index < -0.39 is 12.2 Å². The van der Waals surface area contributed by atoms with Crippen LogP contribution in [0.25, 0.3) is 0 Å². The van der Waals surface area contributed by atoms with Gasteiger partial charge in [0.05, 0.1) is 6.10 Å². The van der Waals surface area contributed by atoms with Crippen LogP contribution in [0.2, 0.25) is 0 Å². The molecule has 0 aromatic heterocycles. The summed E-state index contributed by atoms with van der Waals surface area (Å²) in [6.07, 6.45) is 1.54. The van der Waals surface area contributed by atoms with Crippen LogP contribution < -0.4 is 10.1 Å². The number of carbonyl (C=O) groups excluding carboxylic acids is 1. The molecule has 0 aliphatic carbocycles. The van der Waals surface area contributed by atoms with Gasteiger partial charge in [-0.15, -0.1) is 0 Å². The van der Waals surface area contributed by atoms with Crippen LogP contribution in [0.1, 0.15) is 37.9 Å². The normalized spacial score (nSPS) is 21.4.